The number of ether oxygens (including phenoxy) is 1. The molecule has 0 saturated carbocycles. The normalized spacial score (nSPS) is 25.6. The van der Waals surface area contributed by atoms with Crippen LogP contribution in [0.15, 0.2) is 18.2 Å². The number of likely N-dealkylation sites (N-methyl/N-ethyl adjacent to an activating group) is 1. The first-order chi connectivity index (χ1) is 9.45. The van der Waals surface area contributed by atoms with Gasteiger partial charge in [-0.15, -0.1) is 0 Å². The summed E-state index contributed by atoms with van der Waals surface area (Å²) in [6, 6.07) is 7.23. The zero-order valence-corrected chi connectivity index (χ0v) is 13.3. The first-order valence-electron chi connectivity index (χ1n) is 7.35. The van der Waals surface area contributed by atoms with Crippen molar-refractivity contribution in [3.63, 3.8) is 0 Å². The molecule has 0 radical (unpaired) electrons. The predicted molar refractivity (Wildman–Crippen MR) is 84.5 cm³/mol. The molecule has 3 atom stereocenters. The second-order valence-electron chi connectivity index (χ2n) is 5.95. The molecule has 4 nitrogen and oxygen atoms in total. The molecule has 1 saturated heterocycles. The summed E-state index contributed by atoms with van der Waals surface area (Å²) in [5, 5.41) is 0. The fourth-order valence-electron chi connectivity index (χ4n) is 3.04. The average Bonchev–Trinajstić information content (AvgIpc) is 2.43. The minimum atomic E-state index is -0.0357. The number of hydrogen-bond acceptors (Lipinski definition) is 4. The lowest BCUT2D eigenvalue weighted by atomic mass is 10.0. The summed E-state index contributed by atoms with van der Waals surface area (Å²) in [6.07, 6.45) is 0. The van der Waals surface area contributed by atoms with E-state index in [9.17, 15) is 0 Å². The van der Waals surface area contributed by atoms with E-state index in [1.165, 1.54) is 5.69 Å². The molecule has 0 amide bonds. The number of nitrogens with zero attached hydrogens (tertiary/aromatic N) is 2. The minimum absolute atomic E-state index is 0.0357. The van der Waals surface area contributed by atoms with E-state index in [2.05, 4.69) is 36.8 Å². The van der Waals surface area contributed by atoms with Crippen molar-refractivity contribution in [1.82, 2.24) is 4.90 Å². The molecule has 20 heavy (non-hydrogen) atoms. The van der Waals surface area contributed by atoms with Crippen LogP contribution in [-0.2, 0) is 0 Å². The van der Waals surface area contributed by atoms with E-state index in [-0.39, 0.29) is 6.04 Å². The molecule has 1 fully saturated rings. The van der Waals surface area contributed by atoms with Crippen molar-refractivity contribution in [1.29, 1.82) is 0 Å². The number of piperazine rings is 1. The van der Waals surface area contributed by atoms with E-state index in [1.807, 2.05) is 19.1 Å². The first kappa shape index (κ1) is 15.1. The Morgan fingerprint density at radius 3 is 2.35 bits per heavy atom. The molecule has 2 rings (SSSR count). The molecule has 0 aromatic heterocycles. The van der Waals surface area contributed by atoms with Crippen molar-refractivity contribution in [3.8, 4) is 5.75 Å². The van der Waals surface area contributed by atoms with E-state index in [1.54, 1.807) is 7.11 Å². The van der Waals surface area contributed by atoms with E-state index < -0.39 is 0 Å². The summed E-state index contributed by atoms with van der Waals surface area (Å²) >= 11 is 0. The van der Waals surface area contributed by atoms with Crippen LogP contribution < -0.4 is 15.4 Å². The molecule has 2 N–H and O–H groups in total. The fraction of sp³-hybridized carbons (Fsp3) is 0.625. The van der Waals surface area contributed by atoms with Gasteiger partial charge in [-0.2, -0.15) is 0 Å². The fourth-order valence-corrected chi connectivity index (χ4v) is 3.04. The molecule has 112 valence electrons. The molecule has 0 bridgehead atoms. The number of anilines is 1. The van der Waals surface area contributed by atoms with Gasteiger partial charge in [0.2, 0.25) is 0 Å². The third-order valence-corrected chi connectivity index (χ3v) is 4.42. The van der Waals surface area contributed by atoms with Gasteiger partial charge in [-0.3, -0.25) is 4.90 Å². The van der Waals surface area contributed by atoms with Gasteiger partial charge in [0.05, 0.1) is 7.11 Å². The molecule has 1 heterocycles. The van der Waals surface area contributed by atoms with E-state index in [0.29, 0.717) is 12.1 Å². The van der Waals surface area contributed by atoms with Crippen LogP contribution in [0.5, 0.6) is 5.75 Å². The lowest BCUT2D eigenvalue weighted by molar-refractivity contribution is 0.170. The van der Waals surface area contributed by atoms with Crippen LogP contribution >= 0.6 is 0 Å². The molecule has 2 unspecified atom stereocenters. The molecule has 1 aliphatic rings. The summed E-state index contributed by atoms with van der Waals surface area (Å²) < 4.78 is 5.50. The average molecular weight is 277 g/mol. The number of rotatable bonds is 3. The maximum atomic E-state index is 6.18. The highest BCUT2D eigenvalue weighted by molar-refractivity contribution is 5.61. The lowest BCUT2D eigenvalue weighted by Crippen LogP contribution is -2.55. The van der Waals surface area contributed by atoms with Crippen LogP contribution in [0.3, 0.4) is 0 Å². The van der Waals surface area contributed by atoms with Crippen molar-refractivity contribution in [2.24, 2.45) is 5.73 Å². The standard InChI is InChI=1S/C16H27N3O/c1-11-9-19(10-12(2)18(11)4)14-7-6-8-15(20-5)16(14)13(3)17/h6-8,11-13H,9-10,17H2,1-5H3/t11?,12?,13-/m0/s1. The van der Waals surface area contributed by atoms with Gasteiger partial charge in [-0.1, -0.05) is 6.07 Å². The molecule has 0 spiro atoms. The molecule has 1 aliphatic heterocycles. The Labute approximate surface area is 122 Å². The van der Waals surface area contributed by atoms with Gasteiger partial charge < -0.3 is 15.4 Å². The van der Waals surface area contributed by atoms with Crippen LogP contribution in [0.1, 0.15) is 32.4 Å². The molecule has 1 aromatic carbocycles. The summed E-state index contributed by atoms with van der Waals surface area (Å²) in [6.45, 7) is 8.61. The van der Waals surface area contributed by atoms with Crippen molar-refractivity contribution in [2.45, 2.75) is 38.9 Å². The Morgan fingerprint density at radius 2 is 1.85 bits per heavy atom. The van der Waals surface area contributed by atoms with Crippen LogP contribution in [0.4, 0.5) is 5.69 Å². The number of benzene rings is 1. The summed E-state index contributed by atoms with van der Waals surface area (Å²) in [7, 11) is 3.91. The molecular weight excluding hydrogens is 250 g/mol. The molecule has 1 aromatic rings. The summed E-state index contributed by atoms with van der Waals surface area (Å²) in [4.78, 5) is 4.87. The third-order valence-electron chi connectivity index (χ3n) is 4.42. The smallest absolute Gasteiger partial charge is 0.125 e. The summed E-state index contributed by atoms with van der Waals surface area (Å²) in [5.41, 5.74) is 8.50. The largest absolute Gasteiger partial charge is 0.496 e. The Balaban J connectivity index is 2.37. The lowest BCUT2D eigenvalue weighted by Gasteiger charge is -2.44. The van der Waals surface area contributed by atoms with Crippen molar-refractivity contribution in [2.75, 3.05) is 32.1 Å². The number of nitrogens with two attached hydrogens (primary N) is 1. The van der Waals surface area contributed by atoms with Crippen LogP contribution in [0.2, 0.25) is 0 Å². The minimum Gasteiger partial charge on any atom is -0.496 e. The SMILES string of the molecule is COc1cccc(N2CC(C)N(C)C(C)C2)c1[C@H](C)N. The van der Waals surface area contributed by atoms with E-state index in [4.69, 9.17) is 10.5 Å². The second kappa shape index (κ2) is 6.02. The predicted octanol–water partition coefficient (Wildman–Crippen LogP) is 2.24. The van der Waals surface area contributed by atoms with E-state index in [0.717, 1.165) is 24.4 Å². The van der Waals surface area contributed by atoms with Crippen molar-refractivity contribution < 1.29 is 4.74 Å². The van der Waals surface area contributed by atoms with Gasteiger partial charge >= 0.3 is 0 Å². The zero-order chi connectivity index (χ0) is 14.9. The topological polar surface area (TPSA) is 41.7 Å². The maximum Gasteiger partial charge on any atom is 0.125 e. The van der Waals surface area contributed by atoms with Gasteiger partial charge in [0.25, 0.3) is 0 Å². The van der Waals surface area contributed by atoms with Gasteiger partial charge in [0, 0.05) is 42.5 Å². The van der Waals surface area contributed by atoms with Gasteiger partial charge in [0.1, 0.15) is 5.75 Å². The molecule has 0 aliphatic carbocycles. The van der Waals surface area contributed by atoms with Gasteiger partial charge in [-0.25, -0.2) is 0 Å². The van der Waals surface area contributed by atoms with Crippen molar-refractivity contribution in [3.05, 3.63) is 23.8 Å². The number of methoxy groups -OCH3 is 1. The highest BCUT2D eigenvalue weighted by atomic mass is 16.5. The first-order valence-corrected chi connectivity index (χ1v) is 7.35. The summed E-state index contributed by atoms with van der Waals surface area (Å²) in [5.74, 6) is 0.886. The van der Waals surface area contributed by atoms with Gasteiger partial charge in [-0.05, 0) is 40.0 Å². The Morgan fingerprint density at radius 1 is 1.25 bits per heavy atom. The Bertz CT molecular complexity index is 449. The molecule has 4 heteroatoms. The van der Waals surface area contributed by atoms with Gasteiger partial charge in [0.15, 0.2) is 0 Å². The quantitative estimate of drug-likeness (QED) is 0.920. The highest BCUT2D eigenvalue weighted by Crippen LogP contribution is 2.35. The number of hydrogen-bond donors (Lipinski definition) is 1. The Kier molecular flexibility index (Phi) is 4.55. The van der Waals surface area contributed by atoms with Crippen LogP contribution in [-0.4, -0.2) is 44.2 Å². The van der Waals surface area contributed by atoms with Crippen LogP contribution in [0.25, 0.3) is 0 Å². The highest BCUT2D eigenvalue weighted by Gasteiger charge is 2.28. The second-order valence-corrected chi connectivity index (χ2v) is 5.95. The monoisotopic (exact) mass is 277 g/mol. The van der Waals surface area contributed by atoms with E-state index >= 15 is 0 Å². The third kappa shape index (κ3) is 2.76. The van der Waals surface area contributed by atoms with Crippen molar-refractivity contribution >= 4 is 5.69 Å². The molecular formula is C16H27N3O. The zero-order valence-electron chi connectivity index (χ0n) is 13.3. The Hall–Kier alpha value is -1.26. The maximum absolute atomic E-state index is 6.18. The van der Waals surface area contributed by atoms with Crippen LogP contribution in [0, 0.1) is 0 Å².